The second-order valence-corrected chi connectivity index (χ2v) is 5.47. The van der Waals surface area contributed by atoms with E-state index in [1.807, 2.05) is 6.92 Å². The van der Waals surface area contributed by atoms with Crippen LogP contribution >= 0.6 is 0 Å². The van der Waals surface area contributed by atoms with Gasteiger partial charge >= 0.3 is 0 Å². The Morgan fingerprint density at radius 1 is 1.19 bits per heavy atom. The summed E-state index contributed by atoms with van der Waals surface area (Å²) >= 11 is 0. The lowest BCUT2D eigenvalue weighted by Gasteiger charge is -2.08. The first-order valence-corrected chi connectivity index (χ1v) is 8.48. The number of amides is 1. The summed E-state index contributed by atoms with van der Waals surface area (Å²) in [6, 6.07) is 12.1. The molecule has 1 amide bonds. The molecule has 27 heavy (non-hydrogen) atoms. The van der Waals surface area contributed by atoms with Crippen molar-refractivity contribution < 1.29 is 19.0 Å². The Hall–Kier alpha value is -3.46. The Morgan fingerprint density at radius 3 is 2.59 bits per heavy atom. The standard InChI is InChI=1S/C21H22N2O4/c1-4-12-26-18-8-6-16(7-9-18)21(24)23-22-15-17-14-19(25-3)10-11-20(17)27-13-5-2/h2,6-11,14-15H,4,12-13H2,1,3H3,(H,23,24)/b22-15-. The minimum Gasteiger partial charge on any atom is -0.497 e. The van der Waals surface area contributed by atoms with Crippen molar-refractivity contribution in [3.05, 3.63) is 53.6 Å². The summed E-state index contributed by atoms with van der Waals surface area (Å²) in [7, 11) is 1.56. The van der Waals surface area contributed by atoms with E-state index < -0.39 is 0 Å². The van der Waals surface area contributed by atoms with Gasteiger partial charge in [-0.15, -0.1) is 6.42 Å². The zero-order valence-corrected chi connectivity index (χ0v) is 15.4. The van der Waals surface area contributed by atoms with Crippen molar-refractivity contribution in [3.63, 3.8) is 0 Å². The molecule has 6 heteroatoms. The van der Waals surface area contributed by atoms with Crippen LogP contribution in [0.25, 0.3) is 0 Å². The largest absolute Gasteiger partial charge is 0.497 e. The zero-order valence-electron chi connectivity index (χ0n) is 15.4. The van der Waals surface area contributed by atoms with Crippen molar-refractivity contribution in [1.82, 2.24) is 5.43 Å². The molecule has 0 saturated heterocycles. The van der Waals surface area contributed by atoms with Gasteiger partial charge in [0.25, 0.3) is 5.91 Å². The molecule has 0 spiro atoms. The molecule has 0 radical (unpaired) electrons. The Morgan fingerprint density at radius 2 is 1.93 bits per heavy atom. The lowest BCUT2D eigenvalue weighted by molar-refractivity contribution is 0.0955. The van der Waals surface area contributed by atoms with Crippen LogP contribution in [0.5, 0.6) is 17.2 Å². The second-order valence-electron chi connectivity index (χ2n) is 5.47. The fourth-order valence-electron chi connectivity index (χ4n) is 2.15. The van der Waals surface area contributed by atoms with E-state index in [1.54, 1.807) is 49.6 Å². The van der Waals surface area contributed by atoms with Crippen LogP contribution in [0.2, 0.25) is 0 Å². The Balaban J connectivity index is 2.03. The number of carbonyl (C=O) groups excluding carboxylic acids is 1. The fraction of sp³-hybridized carbons (Fsp3) is 0.238. The number of terminal acetylenes is 1. The van der Waals surface area contributed by atoms with Gasteiger partial charge < -0.3 is 14.2 Å². The fourth-order valence-corrected chi connectivity index (χ4v) is 2.15. The van der Waals surface area contributed by atoms with Crippen molar-refractivity contribution >= 4 is 12.1 Å². The highest BCUT2D eigenvalue weighted by atomic mass is 16.5. The SMILES string of the molecule is C#CCOc1ccc(OC)cc1/C=N\NC(=O)c1ccc(OCCC)cc1. The van der Waals surface area contributed by atoms with Gasteiger partial charge in [-0.1, -0.05) is 12.8 Å². The number of carbonyl (C=O) groups is 1. The Bertz CT molecular complexity index is 823. The molecule has 0 fully saturated rings. The predicted octanol–water partition coefficient (Wildman–Crippen LogP) is 3.26. The minimum absolute atomic E-state index is 0.131. The molecular weight excluding hydrogens is 344 g/mol. The monoisotopic (exact) mass is 366 g/mol. The second kappa shape index (κ2) is 10.5. The van der Waals surface area contributed by atoms with Crippen LogP contribution in [-0.2, 0) is 0 Å². The van der Waals surface area contributed by atoms with Gasteiger partial charge in [0, 0.05) is 11.1 Å². The quantitative estimate of drug-likeness (QED) is 0.420. The third-order valence-electron chi connectivity index (χ3n) is 3.49. The van der Waals surface area contributed by atoms with Gasteiger partial charge in [0.15, 0.2) is 0 Å². The third kappa shape index (κ3) is 6.08. The highest BCUT2D eigenvalue weighted by Gasteiger charge is 2.06. The van der Waals surface area contributed by atoms with Crippen LogP contribution in [0.15, 0.2) is 47.6 Å². The van der Waals surface area contributed by atoms with E-state index in [1.165, 1.54) is 6.21 Å². The average molecular weight is 366 g/mol. The molecule has 0 saturated carbocycles. The number of rotatable bonds is 9. The van der Waals surface area contributed by atoms with E-state index >= 15 is 0 Å². The minimum atomic E-state index is -0.331. The van der Waals surface area contributed by atoms with Gasteiger partial charge in [0.1, 0.15) is 23.9 Å². The highest BCUT2D eigenvalue weighted by Crippen LogP contribution is 2.22. The van der Waals surface area contributed by atoms with E-state index in [9.17, 15) is 4.79 Å². The third-order valence-corrected chi connectivity index (χ3v) is 3.49. The average Bonchev–Trinajstić information content (AvgIpc) is 2.71. The number of hydrogen-bond acceptors (Lipinski definition) is 5. The summed E-state index contributed by atoms with van der Waals surface area (Å²) in [4.78, 5) is 12.2. The van der Waals surface area contributed by atoms with E-state index in [0.717, 1.165) is 12.2 Å². The molecule has 6 nitrogen and oxygen atoms in total. The van der Waals surface area contributed by atoms with Gasteiger partial charge in [-0.05, 0) is 48.9 Å². The maximum absolute atomic E-state index is 12.2. The molecule has 0 atom stereocenters. The van der Waals surface area contributed by atoms with E-state index in [-0.39, 0.29) is 12.5 Å². The number of hydrazone groups is 1. The van der Waals surface area contributed by atoms with Gasteiger partial charge in [-0.25, -0.2) is 5.43 Å². The van der Waals surface area contributed by atoms with Crippen LogP contribution in [0.1, 0.15) is 29.3 Å². The van der Waals surface area contributed by atoms with Crippen LogP contribution < -0.4 is 19.6 Å². The lowest BCUT2D eigenvalue weighted by atomic mass is 10.2. The molecule has 0 aliphatic heterocycles. The summed E-state index contributed by atoms with van der Waals surface area (Å²) in [5.41, 5.74) is 3.59. The Kier molecular flexibility index (Phi) is 7.73. The molecular formula is C21H22N2O4. The first kappa shape index (κ1) is 19.9. The van der Waals surface area contributed by atoms with Crippen molar-refractivity contribution in [2.45, 2.75) is 13.3 Å². The smallest absolute Gasteiger partial charge is 0.271 e. The number of methoxy groups -OCH3 is 1. The van der Waals surface area contributed by atoms with Gasteiger partial charge in [-0.2, -0.15) is 5.10 Å². The summed E-state index contributed by atoms with van der Waals surface area (Å²) in [5, 5.41) is 3.99. The molecule has 2 aromatic rings. The molecule has 2 rings (SSSR count). The molecule has 0 unspecified atom stereocenters. The van der Waals surface area contributed by atoms with Crippen molar-refractivity contribution in [1.29, 1.82) is 0 Å². The topological polar surface area (TPSA) is 69.2 Å². The molecule has 0 heterocycles. The number of nitrogens with zero attached hydrogens (tertiary/aromatic N) is 1. The van der Waals surface area contributed by atoms with Crippen molar-refractivity contribution in [2.75, 3.05) is 20.3 Å². The van der Waals surface area contributed by atoms with Crippen molar-refractivity contribution in [3.8, 4) is 29.6 Å². The number of ether oxygens (including phenoxy) is 3. The number of hydrogen-bond donors (Lipinski definition) is 1. The summed E-state index contributed by atoms with van der Waals surface area (Å²) in [5.74, 6) is 3.98. The first-order chi connectivity index (χ1) is 13.2. The lowest BCUT2D eigenvalue weighted by Crippen LogP contribution is -2.17. The predicted molar refractivity (Wildman–Crippen MR) is 105 cm³/mol. The number of nitrogens with one attached hydrogen (secondary N) is 1. The molecule has 0 aliphatic rings. The van der Waals surface area contributed by atoms with Gasteiger partial charge in [0.05, 0.1) is 19.9 Å². The molecule has 2 aromatic carbocycles. The van der Waals surface area contributed by atoms with E-state index in [0.29, 0.717) is 29.2 Å². The summed E-state index contributed by atoms with van der Waals surface area (Å²) in [6.07, 6.45) is 7.63. The van der Waals surface area contributed by atoms with Crippen molar-refractivity contribution in [2.24, 2.45) is 5.10 Å². The first-order valence-electron chi connectivity index (χ1n) is 8.48. The van der Waals surface area contributed by atoms with Gasteiger partial charge in [-0.3, -0.25) is 4.79 Å². The number of benzene rings is 2. The molecule has 1 N–H and O–H groups in total. The molecule has 0 aliphatic carbocycles. The maximum Gasteiger partial charge on any atom is 0.271 e. The Labute approximate surface area is 159 Å². The summed E-state index contributed by atoms with van der Waals surface area (Å²) in [6.45, 7) is 2.80. The molecule has 0 aromatic heterocycles. The zero-order chi connectivity index (χ0) is 19.5. The van der Waals surface area contributed by atoms with Crippen LogP contribution in [0.3, 0.4) is 0 Å². The van der Waals surface area contributed by atoms with Crippen LogP contribution in [-0.4, -0.2) is 32.4 Å². The maximum atomic E-state index is 12.2. The highest BCUT2D eigenvalue weighted by molar-refractivity contribution is 5.95. The van der Waals surface area contributed by atoms with Gasteiger partial charge in [0.2, 0.25) is 0 Å². The van der Waals surface area contributed by atoms with Crippen LogP contribution in [0.4, 0.5) is 0 Å². The van der Waals surface area contributed by atoms with E-state index in [4.69, 9.17) is 20.6 Å². The molecule has 0 bridgehead atoms. The summed E-state index contributed by atoms with van der Waals surface area (Å²) < 4.78 is 16.2. The van der Waals surface area contributed by atoms with E-state index in [2.05, 4.69) is 16.4 Å². The van der Waals surface area contributed by atoms with Crippen LogP contribution in [0, 0.1) is 12.3 Å². The molecule has 140 valence electrons. The normalized spacial score (nSPS) is 10.3.